The van der Waals surface area contributed by atoms with Crippen LogP contribution in [0, 0.1) is 5.92 Å². The van der Waals surface area contributed by atoms with Gasteiger partial charge < -0.3 is 15.1 Å². The molecule has 1 aliphatic heterocycles. The third kappa shape index (κ3) is 7.36. The van der Waals surface area contributed by atoms with Crippen LogP contribution >= 0.6 is 11.6 Å². The van der Waals surface area contributed by atoms with Crippen LogP contribution in [0.2, 0.25) is 5.02 Å². The van der Waals surface area contributed by atoms with Crippen molar-refractivity contribution in [2.75, 3.05) is 36.1 Å². The Morgan fingerprint density at radius 2 is 1.87 bits per heavy atom. The molecule has 1 aliphatic rings. The summed E-state index contributed by atoms with van der Waals surface area (Å²) in [5.41, 5.74) is 1.91. The van der Waals surface area contributed by atoms with E-state index in [1.165, 1.54) is 6.26 Å². The van der Waals surface area contributed by atoms with Crippen molar-refractivity contribution in [1.29, 1.82) is 0 Å². The van der Waals surface area contributed by atoms with Gasteiger partial charge in [0.1, 0.15) is 0 Å². The van der Waals surface area contributed by atoms with Gasteiger partial charge in [-0.2, -0.15) is 0 Å². The minimum absolute atomic E-state index is 0.0548. The Morgan fingerprint density at radius 3 is 2.56 bits per heavy atom. The average molecular weight is 569 g/mol. The molecule has 0 radical (unpaired) electrons. The SMILES string of the molecule is CCN(Cc1ccccc1)C(=O)CC1CCN(c2ncccc2NC(=O)c2cccc(Cl)c2)CC1S(C)(=O)=O. The second-order valence-corrected chi connectivity index (χ2v) is 12.5. The van der Waals surface area contributed by atoms with E-state index < -0.39 is 15.1 Å². The smallest absolute Gasteiger partial charge is 0.255 e. The van der Waals surface area contributed by atoms with Crippen LogP contribution in [-0.4, -0.2) is 61.3 Å². The first kappa shape index (κ1) is 28.6. The second-order valence-electron chi connectivity index (χ2n) is 9.80. The lowest BCUT2D eigenvalue weighted by Gasteiger charge is -2.39. The largest absolute Gasteiger partial charge is 0.354 e. The Labute approximate surface area is 234 Å². The normalized spacial score (nSPS) is 17.5. The number of anilines is 2. The van der Waals surface area contributed by atoms with Gasteiger partial charge in [-0.05, 0) is 55.2 Å². The molecule has 1 fully saturated rings. The van der Waals surface area contributed by atoms with Crippen molar-refractivity contribution in [1.82, 2.24) is 9.88 Å². The lowest BCUT2D eigenvalue weighted by atomic mass is 9.92. The molecule has 2 atom stereocenters. The van der Waals surface area contributed by atoms with Gasteiger partial charge in [0, 0.05) is 55.6 Å². The molecule has 3 aromatic rings. The number of benzene rings is 2. The standard InChI is InChI=1S/C29H33ClN4O4S/c1-3-33(19-21-9-5-4-6-10-21)27(35)18-22-14-16-34(20-26(22)39(2,37)38)28-25(13-8-15-31-28)32-29(36)23-11-7-12-24(30)17-23/h4-13,15,17,22,26H,3,14,16,18-20H2,1-2H3,(H,32,36). The molecule has 10 heteroatoms. The minimum Gasteiger partial charge on any atom is -0.354 e. The fourth-order valence-corrected chi connectivity index (χ4v) is 6.55. The molecular weight excluding hydrogens is 536 g/mol. The zero-order valence-corrected chi connectivity index (χ0v) is 23.7. The summed E-state index contributed by atoms with van der Waals surface area (Å²) in [4.78, 5) is 34.2. The van der Waals surface area contributed by atoms with Crippen LogP contribution < -0.4 is 10.2 Å². The van der Waals surface area contributed by atoms with E-state index in [1.807, 2.05) is 42.2 Å². The maximum absolute atomic E-state index is 13.3. The summed E-state index contributed by atoms with van der Waals surface area (Å²) >= 11 is 6.04. The second kappa shape index (κ2) is 12.6. The first-order valence-corrected chi connectivity index (χ1v) is 15.3. The van der Waals surface area contributed by atoms with Gasteiger partial charge in [-0.3, -0.25) is 9.59 Å². The number of rotatable bonds is 9. The zero-order chi connectivity index (χ0) is 28.0. The summed E-state index contributed by atoms with van der Waals surface area (Å²) in [5.74, 6) is -0.224. The van der Waals surface area contributed by atoms with Crippen LogP contribution in [0.1, 0.15) is 35.7 Å². The Bertz CT molecular complexity index is 1420. The number of piperidine rings is 1. The number of hydrogen-bond donors (Lipinski definition) is 1. The first-order valence-electron chi connectivity index (χ1n) is 12.9. The topological polar surface area (TPSA) is 99.7 Å². The van der Waals surface area contributed by atoms with E-state index in [-0.39, 0.29) is 30.7 Å². The predicted molar refractivity (Wildman–Crippen MR) is 155 cm³/mol. The van der Waals surface area contributed by atoms with E-state index in [4.69, 9.17) is 11.6 Å². The van der Waals surface area contributed by atoms with Gasteiger partial charge in [0.05, 0.1) is 10.9 Å². The molecule has 2 unspecified atom stereocenters. The Balaban J connectivity index is 1.49. The van der Waals surface area contributed by atoms with Crippen molar-refractivity contribution in [3.63, 3.8) is 0 Å². The molecule has 39 heavy (non-hydrogen) atoms. The number of sulfone groups is 1. The molecule has 0 spiro atoms. The number of halogens is 1. The van der Waals surface area contributed by atoms with E-state index in [0.29, 0.717) is 48.1 Å². The van der Waals surface area contributed by atoms with Crippen LogP contribution in [0.4, 0.5) is 11.5 Å². The van der Waals surface area contributed by atoms with Crippen LogP contribution in [-0.2, 0) is 21.2 Å². The first-order chi connectivity index (χ1) is 18.7. The molecule has 1 saturated heterocycles. The van der Waals surface area contributed by atoms with Gasteiger partial charge >= 0.3 is 0 Å². The highest BCUT2D eigenvalue weighted by atomic mass is 35.5. The van der Waals surface area contributed by atoms with Gasteiger partial charge in [-0.1, -0.05) is 48.0 Å². The Morgan fingerprint density at radius 1 is 1.10 bits per heavy atom. The number of carbonyl (C=O) groups excluding carboxylic acids is 2. The third-order valence-electron chi connectivity index (χ3n) is 7.05. The van der Waals surface area contributed by atoms with Crippen LogP contribution in [0.5, 0.6) is 0 Å². The summed E-state index contributed by atoms with van der Waals surface area (Å²) < 4.78 is 25.8. The third-order valence-corrected chi connectivity index (χ3v) is 8.92. The molecule has 4 rings (SSSR count). The number of amides is 2. The molecule has 2 aromatic carbocycles. The van der Waals surface area contributed by atoms with Crippen LogP contribution in [0.25, 0.3) is 0 Å². The summed E-state index contributed by atoms with van der Waals surface area (Å²) in [6.07, 6.45) is 3.50. The molecule has 0 aliphatic carbocycles. The number of aromatic nitrogens is 1. The van der Waals surface area contributed by atoms with Gasteiger partial charge in [0.2, 0.25) is 5.91 Å². The number of nitrogens with zero attached hydrogens (tertiary/aromatic N) is 3. The fraction of sp³-hybridized carbons (Fsp3) is 0.345. The van der Waals surface area contributed by atoms with E-state index >= 15 is 0 Å². The quantitative estimate of drug-likeness (QED) is 0.403. The Kier molecular flexibility index (Phi) is 9.24. The molecular formula is C29H33ClN4O4S. The van der Waals surface area contributed by atoms with Gasteiger partial charge in [-0.25, -0.2) is 13.4 Å². The highest BCUT2D eigenvalue weighted by molar-refractivity contribution is 7.91. The number of pyridine rings is 1. The molecule has 0 saturated carbocycles. The monoisotopic (exact) mass is 568 g/mol. The fourth-order valence-electron chi connectivity index (χ4n) is 4.98. The maximum atomic E-state index is 13.3. The molecule has 8 nitrogen and oxygen atoms in total. The molecule has 2 heterocycles. The van der Waals surface area contributed by atoms with E-state index in [1.54, 1.807) is 47.5 Å². The minimum atomic E-state index is -3.48. The van der Waals surface area contributed by atoms with Crippen molar-refractivity contribution >= 4 is 44.8 Å². The average Bonchev–Trinajstić information content (AvgIpc) is 2.92. The van der Waals surface area contributed by atoms with Gasteiger partial charge in [-0.15, -0.1) is 0 Å². The summed E-state index contributed by atoms with van der Waals surface area (Å²) in [5, 5.41) is 2.59. The predicted octanol–water partition coefficient (Wildman–Crippen LogP) is 4.67. The van der Waals surface area contributed by atoms with Crippen molar-refractivity contribution in [3.8, 4) is 0 Å². The highest BCUT2D eigenvalue weighted by Crippen LogP contribution is 2.32. The molecule has 1 N–H and O–H groups in total. The highest BCUT2D eigenvalue weighted by Gasteiger charge is 2.38. The molecule has 206 valence electrons. The summed E-state index contributed by atoms with van der Waals surface area (Å²) in [6, 6.07) is 19.8. The van der Waals surface area contributed by atoms with Crippen molar-refractivity contribution in [2.24, 2.45) is 5.92 Å². The number of carbonyl (C=O) groups is 2. The number of hydrogen-bond acceptors (Lipinski definition) is 6. The van der Waals surface area contributed by atoms with Crippen molar-refractivity contribution in [3.05, 3.63) is 89.1 Å². The summed E-state index contributed by atoms with van der Waals surface area (Å²) in [6.45, 7) is 3.64. The lowest BCUT2D eigenvalue weighted by Crippen LogP contribution is -2.49. The van der Waals surface area contributed by atoms with Crippen molar-refractivity contribution in [2.45, 2.75) is 31.6 Å². The van der Waals surface area contributed by atoms with Crippen molar-refractivity contribution < 1.29 is 18.0 Å². The zero-order valence-electron chi connectivity index (χ0n) is 22.1. The Hall–Kier alpha value is -3.43. The molecule has 1 aromatic heterocycles. The summed E-state index contributed by atoms with van der Waals surface area (Å²) in [7, 11) is -3.48. The van der Waals surface area contributed by atoms with E-state index in [0.717, 1.165) is 5.56 Å². The molecule has 2 amide bonds. The van der Waals surface area contributed by atoms with Gasteiger partial charge in [0.15, 0.2) is 15.7 Å². The molecule has 0 bridgehead atoms. The number of nitrogens with one attached hydrogen (secondary N) is 1. The van der Waals surface area contributed by atoms with Crippen LogP contribution in [0.15, 0.2) is 72.9 Å². The maximum Gasteiger partial charge on any atom is 0.255 e. The van der Waals surface area contributed by atoms with Crippen LogP contribution in [0.3, 0.4) is 0 Å². The van der Waals surface area contributed by atoms with E-state index in [9.17, 15) is 18.0 Å². The lowest BCUT2D eigenvalue weighted by molar-refractivity contribution is -0.132. The van der Waals surface area contributed by atoms with Gasteiger partial charge in [0.25, 0.3) is 5.91 Å². The van der Waals surface area contributed by atoms with E-state index in [2.05, 4.69) is 10.3 Å².